The Kier molecular flexibility index (Phi) is 3.38. The smallest absolute Gasteiger partial charge is 0.179 e. The fraction of sp³-hybridized carbons (Fsp3) is 0.133. The lowest BCUT2D eigenvalue weighted by Crippen LogP contribution is -1.99. The number of benzene rings is 1. The molecule has 0 atom stereocenters. The zero-order valence-electron chi connectivity index (χ0n) is 12.7. The zero-order chi connectivity index (χ0) is 16.5. The number of hydrogen-bond acceptors (Lipinski definition) is 6. The highest BCUT2D eigenvalue weighted by atomic mass is 19.1. The first-order valence-corrected chi connectivity index (χ1v) is 7.13. The lowest BCUT2D eigenvalue weighted by molar-refractivity contribution is 0.125. The Morgan fingerprint density at radius 3 is 2.88 bits per heavy atom. The van der Waals surface area contributed by atoms with E-state index in [2.05, 4.69) is 25.4 Å². The highest BCUT2D eigenvalue weighted by Crippen LogP contribution is 2.16. The third kappa shape index (κ3) is 2.45. The molecule has 0 fully saturated rings. The third-order valence-corrected chi connectivity index (χ3v) is 3.55. The summed E-state index contributed by atoms with van der Waals surface area (Å²) in [5, 5.41) is 17.1. The van der Waals surface area contributed by atoms with E-state index in [1.54, 1.807) is 33.7 Å². The molecule has 4 aromatic rings. The van der Waals surface area contributed by atoms with E-state index < -0.39 is 0 Å². The summed E-state index contributed by atoms with van der Waals surface area (Å²) in [6, 6.07) is 5.94. The zero-order valence-corrected chi connectivity index (χ0v) is 12.7. The molecule has 3 aromatic heterocycles. The van der Waals surface area contributed by atoms with Crippen molar-refractivity contribution in [1.29, 1.82) is 0 Å². The van der Waals surface area contributed by atoms with Gasteiger partial charge in [-0.3, -0.25) is 9.08 Å². The Bertz CT molecular complexity index is 1040. The van der Waals surface area contributed by atoms with E-state index in [1.165, 1.54) is 18.3 Å². The number of fused-ring (bicyclic) bond motifs is 3. The number of nitrogens with zero attached hydrogens (tertiary/aromatic N) is 7. The van der Waals surface area contributed by atoms with Gasteiger partial charge in [0.2, 0.25) is 0 Å². The van der Waals surface area contributed by atoms with Crippen LogP contribution in [0.2, 0.25) is 0 Å². The molecule has 0 radical (unpaired) electrons. The van der Waals surface area contributed by atoms with E-state index in [0.29, 0.717) is 11.5 Å². The summed E-state index contributed by atoms with van der Waals surface area (Å²) in [5.41, 5.74) is 2.13. The summed E-state index contributed by atoms with van der Waals surface area (Å²) in [6.07, 6.45) is 4.83. The molecule has 120 valence electrons. The van der Waals surface area contributed by atoms with E-state index in [9.17, 15) is 4.39 Å². The maximum Gasteiger partial charge on any atom is 0.179 e. The first kappa shape index (κ1) is 14.2. The van der Waals surface area contributed by atoms with Crippen molar-refractivity contribution in [3.8, 4) is 0 Å². The Hall–Kier alpha value is -3.36. The fourth-order valence-electron chi connectivity index (χ4n) is 2.32. The minimum Gasteiger partial charge on any atom is -0.388 e. The maximum atomic E-state index is 12.8. The van der Waals surface area contributed by atoms with Crippen molar-refractivity contribution >= 4 is 22.9 Å². The second-order valence-electron chi connectivity index (χ2n) is 5.12. The largest absolute Gasteiger partial charge is 0.388 e. The van der Waals surface area contributed by atoms with Crippen LogP contribution in [0.5, 0.6) is 0 Å². The van der Waals surface area contributed by atoms with Crippen LogP contribution in [-0.4, -0.2) is 35.6 Å². The van der Waals surface area contributed by atoms with Crippen molar-refractivity contribution in [2.75, 3.05) is 0 Å². The topological polar surface area (TPSA) is 82.5 Å². The van der Waals surface area contributed by atoms with Gasteiger partial charge in [0.05, 0.1) is 17.8 Å². The highest BCUT2D eigenvalue weighted by molar-refractivity contribution is 5.88. The molecular formula is C15H12FN7O. The molecule has 0 unspecified atom stereocenters. The second-order valence-corrected chi connectivity index (χ2v) is 5.12. The lowest BCUT2D eigenvalue weighted by Gasteiger charge is -1.99. The van der Waals surface area contributed by atoms with E-state index in [1.807, 2.05) is 7.05 Å². The molecule has 0 aliphatic heterocycles. The van der Waals surface area contributed by atoms with Crippen LogP contribution in [0.1, 0.15) is 11.4 Å². The Labute approximate surface area is 135 Å². The molecule has 0 spiro atoms. The summed E-state index contributed by atoms with van der Waals surface area (Å²) in [4.78, 5) is 9.58. The minimum absolute atomic E-state index is 0.131. The summed E-state index contributed by atoms with van der Waals surface area (Å²) in [6.45, 7) is 0.131. The molecule has 0 saturated heterocycles. The standard InChI is InChI=1S/C15H12FN7O/c1-22-14-12(7-18-22)15-21-20-13(23(15)9-17-14)8-24-19-6-10-2-4-11(16)5-3-10/h2-7,9H,8H2,1H3. The van der Waals surface area contributed by atoms with Crippen molar-refractivity contribution in [2.45, 2.75) is 6.61 Å². The molecule has 0 bridgehead atoms. The average molecular weight is 325 g/mol. The summed E-state index contributed by atoms with van der Waals surface area (Å²) < 4.78 is 16.2. The van der Waals surface area contributed by atoms with Gasteiger partial charge in [0.15, 0.2) is 23.7 Å². The number of hydrogen-bond donors (Lipinski definition) is 0. The van der Waals surface area contributed by atoms with Crippen LogP contribution in [0.4, 0.5) is 4.39 Å². The quantitative estimate of drug-likeness (QED) is 0.421. The molecule has 0 saturated carbocycles. The van der Waals surface area contributed by atoms with Crippen LogP contribution in [0.3, 0.4) is 0 Å². The van der Waals surface area contributed by atoms with Gasteiger partial charge < -0.3 is 4.84 Å². The summed E-state index contributed by atoms with van der Waals surface area (Å²) in [5.74, 6) is 0.275. The van der Waals surface area contributed by atoms with Crippen LogP contribution in [0.15, 0.2) is 41.9 Å². The van der Waals surface area contributed by atoms with Gasteiger partial charge >= 0.3 is 0 Å². The predicted octanol–water partition coefficient (Wildman–Crippen LogP) is 1.70. The SMILES string of the molecule is Cn1ncc2c1ncn1c(CON=Cc3ccc(F)cc3)nnc21. The van der Waals surface area contributed by atoms with Gasteiger partial charge in [0.25, 0.3) is 0 Å². The van der Waals surface area contributed by atoms with Crippen molar-refractivity contribution in [2.24, 2.45) is 12.2 Å². The average Bonchev–Trinajstić information content (AvgIpc) is 3.17. The summed E-state index contributed by atoms with van der Waals surface area (Å²) >= 11 is 0. The van der Waals surface area contributed by atoms with Gasteiger partial charge in [-0.15, -0.1) is 10.2 Å². The molecule has 4 rings (SSSR count). The Morgan fingerprint density at radius 1 is 1.21 bits per heavy atom. The molecule has 0 aliphatic carbocycles. The number of aryl methyl sites for hydroxylation is 1. The predicted molar refractivity (Wildman–Crippen MR) is 83.8 cm³/mol. The molecule has 0 N–H and O–H groups in total. The molecule has 1 aromatic carbocycles. The molecule has 24 heavy (non-hydrogen) atoms. The van der Waals surface area contributed by atoms with Gasteiger partial charge in [-0.1, -0.05) is 17.3 Å². The van der Waals surface area contributed by atoms with Gasteiger partial charge in [-0.25, -0.2) is 9.37 Å². The van der Waals surface area contributed by atoms with Crippen LogP contribution < -0.4 is 0 Å². The first-order valence-electron chi connectivity index (χ1n) is 7.13. The first-order chi connectivity index (χ1) is 11.7. The van der Waals surface area contributed by atoms with E-state index in [0.717, 1.165) is 16.6 Å². The number of rotatable bonds is 4. The van der Waals surface area contributed by atoms with Crippen molar-refractivity contribution in [3.05, 3.63) is 54.0 Å². The normalized spacial score (nSPS) is 11.8. The fourth-order valence-corrected chi connectivity index (χ4v) is 2.32. The van der Waals surface area contributed by atoms with Gasteiger partial charge in [-0.05, 0) is 17.7 Å². The van der Waals surface area contributed by atoms with E-state index >= 15 is 0 Å². The highest BCUT2D eigenvalue weighted by Gasteiger charge is 2.12. The Balaban J connectivity index is 1.52. The molecule has 0 aliphatic rings. The van der Waals surface area contributed by atoms with Crippen LogP contribution in [0.25, 0.3) is 16.7 Å². The number of aromatic nitrogens is 6. The number of halogens is 1. The van der Waals surface area contributed by atoms with Crippen LogP contribution >= 0.6 is 0 Å². The third-order valence-electron chi connectivity index (χ3n) is 3.55. The van der Waals surface area contributed by atoms with Gasteiger partial charge in [-0.2, -0.15) is 5.10 Å². The Morgan fingerprint density at radius 2 is 2.04 bits per heavy atom. The van der Waals surface area contributed by atoms with Crippen molar-refractivity contribution < 1.29 is 9.23 Å². The monoisotopic (exact) mass is 325 g/mol. The van der Waals surface area contributed by atoms with Crippen LogP contribution in [-0.2, 0) is 18.5 Å². The van der Waals surface area contributed by atoms with Gasteiger partial charge in [0, 0.05) is 7.05 Å². The second kappa shape index (κ2) is 5.69. The van der Waals surface area contributed by atoms with Crippen molar-refractivity contribution in [1.82, 2.24) is 29.4 Å². The van der Waals surface area contributed by atoms with E-state index in [4.69, 9.17) is 4.84 Å². The molecule has 8 nitrogen and oxygen atoms in total. The van der Waals surface area contributed by atoms with Crippen molar-refractivity contribution in [3.63, 3.8) is 0 Å². The molecule has 0 amide bonds. The lowest BCUT2D eigenvalue weighted by atomic mass is 10.2. The van der Waals surface area contributed by atoms with Crippen LogP contribution in [0, 0.1) is 5.82 Å². The molecule has 9 heteroatoms. The van der Waals surface area contributed by atoms with E-state index in [-0.39, 0.29) is 12.4 Å². The maximum absolute atomic E-state index is 12.8. The molecular weight excluding hydrogens is 313 g/mol. The van der Waals surface area contributed by atoms with Gasteiger partial charge in [0.1, 0.15) is 12.1 Å². The summed E-state index contributed by atoms with van der Waals surface area (Å²) in [7, 11) is 1.82. The minimum atomic E-state index is -0.294. The number of oxime groups is 1. The molecule has 3 heterocycles.